The maximum Gasteiger partial charge on any atom is 0.416 e. The SMILES string of the molecule is CCCN1CCC(O)C(Cc2ccc(C(F)(F)F)cc2)C1. The normalized spacial score (nSPS) is 24.2. The maximum atomic E-state index is 12.5. The fraction of sp³-hybridized carbons (Fsp3) is 0.625. The Morgan fingerprint density at radius 2 is 1.90 bits per heavy atom. The van der Waals surface area contributed by atoms with Crippen molar-refractivity contribution in [3.63, 3.8) is 0 Å². The minimum atomic E-state index is -4.29. The van der Waals surface area contributed by atoms with E-state index in [9.17, 15) is 18.3 Å². The van der Waals surface area contributed by atoms with Crippen molar-refractivity contribution in [2.45, 2.75) is 38.5 Å². The van der Waals surface area contributed by atoms with Crippen LogP contribution >= 0.6 is 0 Å². The lowest BCUT2D eigenvalue weighted by Gasteiger charge is -2.36. The minimum absolute atomic E-state index is 0.0991. The Labute approximate surface area is 123 Å². The lowest BCUT2D eigenvalue weighted by atomic mass is 9.88. The van der Waals surface area contributed by atoms with Crippen LogP contribution in [-0.2, 0) is 12.6 Å². The van der Waals surface area contributed by atoms with Gasteiger partial charge < -0.3 is 10.0 Å². The van der Waals surface area contributed by atoms with Gasteiger partial charge in [-0.25, -0.2) is 0 Å². The summed E-state index contributed by atoms with van der Waals surface area (Å²) in [6.07, 6.45) is -2.21. The fourth-order valence-electron chi connectivity index (χ4n) is 2.95. The first-order chi connectivity index (χ1) is 9.90. The molecule has 0 radical (unpaired) electrons. The molecule has 1 saturated heterocycles. The standard InChI is InChI=1S/C16H22F3NO/c1-2-8-20-9-7-15(21)13(11-20)10-12-3-5-14(6-4-12)16(17,18)19/h3-6,13,15,21H,2,7-11H2,1H3. The number of benzene rings is 1. The van der Waals surface area contributed by atoms with Crippen LogP contribution in [0, 0.1) is 5.92 Å². The number of aliphatic hydroxyl groups is 1. The number of nitrogens with zero attached hydrogens (tertiary/aromatic N) is 1. The predicted octanol–water partition coefficient (Wildman–Crippen LogP) is 3.34. The Kier molecular flexibility index (Phi) is 5.27. The molecule has 1 heterocycles. The van der Waals surface area contributed by atoms with Crippen molar-refractivity contribution >= 4 is 0 Å². The molecule has 1 N–H and O–H groups in total. The highest BCUT2D eigenvalue weighted by Gasteiger charge is 2.31. The Morgan fingerprint density at radius 1 is 1.24 bits per heavy atom. The van der Waals surface area contributed by atoms with Crippen LogP contribution in [0.3, 0.4) is 0 Å². The number of likely N-dealkylation sites (tertiary alicyclic amines) is 1. The van der Waals surface area contributed by atoms with Gasteiger partial charge >= 0.3 is 6.18 Å². The second kappa shape index (κ2) is 6.79. The summed E-state index contributed by atoms with van der Waals surface area (Å²) in [7, 11) is 0. The Balaban J connectivity index is 1.99. The summed E-state index contributed by atoms with van der Waals surface area (Å²) in [5.41, 5.74) is 0.230. The summed E-state index contributed by atoms with van der Waals surface area (Å²) in [6.45, 7) is 4.85. The van der Waals surface area contributed by atoms with Crippen molar-refractivity contribution in [1.29, 1.82) is 0 Å². The summed E-state index contributed by atoms with van der Waals surface area (Å²) >= 11 is 0. The van der Waals surface area contributed by atoms with Crippen molar-refractivity contribution in [2.75, 3.05) is 19.6 Å². The van der Waals surface area contributed by atoms with Gasteiger partial charge in [-0.3, -0.25) is 0 Å². The van der Waals surface area contributed by atoms with Gasteiger partial charge in [0.25, 0.3) is 0 Å². The molecule has 1 aromatic rings. The largest absolute Gasteiger partial charge is 0.416 e. The first-order valence-electron chi connectivity index (χ1n) is 7.46. The van der Waals surface area contributed by atoms with E-state index in [2.05, 4.69) is 11.8 Å². The Bertz CT molecular complexity index is 444. The van der Waals surface area contributed by atoms with E-state index in [0.29, 0.717) is 6.42 Å². The molecule has 2 rings (SSSR count). The number of hydrogen-bond acceptors (Lipinski definition) is 2. The van der Waals surface area contributed by atoms with Crippen LogP contribution in [0.5, 0.6) is 0 Å². The zero-order valence-electron chi connectivity index (χ0n) is 12.2. The second-order valence-electron chi connectivity index (χ2n) is 5.82. The lowest BCUT2D eigenvalue weighted by Crippen LogP contribution is -2.44. The maximum absolute atomic E-state index is 12.5. The van der Waals surface area contributed by atoms with Crippen molar-refractivity contribution in [1.82, 2.24) is 4.90 Å². The summed E-state index contributed by atoms with van der Waals surface area (Å²) in [4.78, 5) is 2.32. The zero-order valence-corrected chi connectivity index (χ0v) is 12.2. The van der Waals surface area contributed by atoms with Gasteiger partial charge in [0.15, 0.2) is 0 Å². The molecule has 1 aliphatic rings. The van der Waals surface area contributed by atoms with Gasteiger partial charge in [-0.2, -0.15) is 13.2 Å². The molecular weight excluding hydrogens is 279 g/mol. The second-order valence-corrected chi connectivity index (χ2v) is 5.82. The van der Waals surface area contributed by atoms with Gasteiger partial charge in [0, 0.05) is 19.0 Å². The smallest absolute Gasteiger partial charge is 0.393 e. The average molecular weight is 301 g/mol. The third kappa shape index (κ3) is 4.45. The van der Waals surface area contributed by atoms with Gasteiger partial charge in [0.05, 0.1) is 11.7 Å². The monoisotopic (exact) mass is 301 g/mol. The number of halogens is 3. The van der Waals surface area contributed by atoms with E-state index in [4.69, 9.17) is 0 Å². The summed E-state index contributed by atoms with van der Waals surface area (Å²) in [5.74, 6) is 0.0991. The van der Waals surface area contributed by atoms with Crippen molar-refractivity contribution in [2.24, 2.45) is 5.92 Å². The molecule has 118 valence electrons. The molecule has 2 unspecified atom stereocenters. The number of alkyl halides is 3. The average Bonchev–Trinajstić information content (AvgIpc) is 2.42. The van der Waals surface area contributed by atoms with Crippen LogP contribution in [0.4, 0.5) is 13.2 Å². The first-order valence-corrected chi connectivity index (χ1v) is 7.46. The molecule has 5 heteroatoms. The van der Waals surface area contributed by atoms with E-state index in [0.717, 1.165) is 50.2 Å². The first kappa shape index (κ1) is 16.3. The predicted molar refractivity (Wildman–Crippen MR) is 76.0 cm³/mol. The van der Waals surface area contributed by atoms with Crippen LogP contribution < -0.4 is 0 Å². The van der Waals surface area contributed by atoms with Crippen molar-refractivity contribution < 1.29 is 18.3 Å². The molecule has 0 aliphatic carbocycles. The van der Waals surface area contributed by atoms with Gasteiger partial charge in [-0.05, 0) is 43.5 Å². The topological polar surface area (TPSA) is 23.5 Å². The van der Waals surface area contributed by atoms with Gasteiger partial charge in [-0.1, -0.05) is 19.1 Å². The molecule has 1 aromatic carbocycles. The molecule has 1 aliphatic heterocycles. The summed E-state index contributed by atoms with van der Waals surface area (Å²) in [6, 6.07) is 5.28. The zero-order chi connectivity index (χ0) is 15.5. The highest BCUT2D eigenvalue weighted by molar-refractivity contribution is 5.25. The molecule has 0 aromatic heterocycles. The van der Waals surface area contributed by atoms with Crippen molar-refractivity contribution in [3.8, 4) is 0 Å². The Hall–Kier alpha value is -1.07. The molecule has 0 amide bonds. The van der Waals surface area contributed by atoms with Crippen molar-refractivity contribution in [3.05, 3.63) is 35.4 Å². The van der Waals surface area contributed by atoms with Gasteiger partial charge in [-0.15, -0.1) is 0 Å². The molecule has 0 spiro atoms. The molecule has 2 nitrogen and oxygen atoms in total. The van der Waals surface area contributed by atoms with E-state index in [1.807, 2.05) is 0 Å². The summed E-state index contributed by atoms with van der Waals surface area (Å²) < 4.78 is 37.6. The number of aliphatic hydroxyl groups excluding tert-OH is 1. The third-order valence-electron chi connectivity index (χ3n) is 4.10. The third-order valence-corrected chi connectivity index (χ3v) is 4.10. The molecule has 1 fully saturated rings. The highest BCUT2D eigenvalue weighted by Crippen LogP contribution is 2.30. The Morgan fingerprint density at radius 3 is 2.48 bits per heavy atom. The molecule has 0 bridgehead atoms. The summed E-state index contributed by atoms with van der Waals surface area (Å²) in [5, 5.41) is 10.1. The fourth-order valence-corrected chi connectivity index (χ4v) is 2.95. The number of piperidine rings is 1. The van der Waals surface area contributed by atoms with E-state index < -0.39 is 11.7 Å². The van der Waals surface area contributed by atoms with E-state index in [1.54, 1.807) is 0 Å². The van der Waals surface area contributed by atoms with E-state index in [-0.39, 0.29) is 12.0 Å². The molecule has 2 atom stereocenters. The van der Waals surface area contributed by atoms with Gasteiger partial charge in [0.1, 0.15) is 0 Å². The molecule has 21 heavy (non-hydrogen) atoms. The van der Waals surface area contributed by atoms with E-state index >= 15 is 0 Å². The van der Waals surface area contributed by atoms with Crippen LogP contribution in [0.25, 0.3) is 0 Å². The highest BCUT2D eigenvalue weighted by atomic mass is 19.4. The lowest BCUT2D eigenvalue weighted by molar-refractivity contribution is -0.137. The molecule has 0 saturated carbocycles. The van der Waals surface area contributed by atoms with Crippen LogP contribution in [0.2, 0.25) is 0 Å². The van der Waals surface area contributed by atoms with Crippen LogP contribution in [0.15, 0.2) is 24.3 Å². The number of rotatable bonds is 4. The van der Waals surface area contributed by atoms with Gasteiger partial charge in [0.2, 0.25) is 0 Å². The molecular formula is C16H22F3NO. The minimum Gasteiger partial charge on any atom is -0.393 e. The van der Waals surface area contributed by atoms with Crippen LogP contribution in [0.1, 0.15) is 30.9 Å². The number of hydrogen-bond donors (Lipinski definition) is 1. The van der Waals surface area contributed by atoms with Crippen LogP contribution in [-0.4, -0.2) is 35.7 Å². The van der Waals surface area contributed by atoms with E-state index in [1.165, 1.54) is 12.1 Å². The quantitative estimate of drug-likeness (QED) is 0.922.